The molecule has 0 unspecified atom stereocenters. The van der Waals surface area contributed by atoms with Crippen LogP contribution in [0.5, 0.6) is 0 Å². The molecule has 0 spiro atoms. The minimum atomic E-state index is -0.120. The number of benzene rings is 2. The first-order valence-corrected chi connectivity index (χ1v) is 7.08. The highest BCUT2D eigenvalue weighted by molar-refractivity contribution is 6.30. The third-order valence-corrected chi connectivity index (χ3v) is 3.46. The predicted molar refractivity (Wildman–Crippen MR) is 84.0 cm³/mol. The first-order chi connectivity index (χ1) is 10.7. The molecule has 1 amide bonds. The molecule has 0 bridgehead atoms. The van der Waals surface area contributed by atoms with Crippen molar-refractivity contribution in [1.29, 1.82) is 0 Å². The fourth-order valence-electron chi connectivity index (χ4n) is 2.01. The smallest absolute Gasteiger partial charge is 0.251 e. The molecule has 0 aliphatic heterocycles. The van der Waals surface area contributed by atoms with Gasteiger partial charge in [-0.1, -0.05) is 23.7 Å². The molecule has 0 atom stereocenters. The molecule has 0 aliphatic rings. The highest BCUT2D eigenvalue weighted by atomic mass is 35.5. The zero-order valence-electron chi connectivity index (χ0n) is 11.6. The van der Waals surface area contributed by atoms with Gasteiger partial charge in [0, 0.05) is 22.8 Å². The third-order valence-electron chi connectivity index (χ3n) is 3.21. The van der Waals surface area contributed by atoms with Crippen LogP contribution in [0.3, 0.4) is 0 Å². The highest BCUT2D eigenvalue weighted by Gasteiger charge is 2.05. The molecule has 110 valence electrons. The van der Waals surface area contributed by atoms with E-state index in [0.717, 1.165) is 11.3 Å². The van der Waals surface area contributed by atoms with E-state index >= 15 is 0 Å². The summed E-state index contributed by atoms with van der Waals surface area (Å²) in [7, 11) is 0. The van der Waals surface area contributed by atoms with Crippen molar-refractivity contribution in [2.45, 2.75) is 6.54 Å². The molecule has 22 heavy (non-hydrogen) atoms. The molecule has 2 aromatic carbocycles. The average Bonchev–Trinajstić information content (AvgIpc) is 3.09. The predicted octanol–water partition coefficient (Wildman–Crippen LogP) is 2.85. The fourth-order valence-corrected chi connectivity index (χ4v) is 2.13. The van der Waals surface area contributed by atoms with Gasteiger partial charge in [-0.2, -0.15) is 0 Å². The lowest BCUT2D eigenvalue weighted by Crippen LogP contribution is -2.22. The lowest BCUT2D eigenvalue weighted by Gasteiger charge is -2.07. The van der Waals surface area contributed by atoms with Gasteiger partial charge < -0.3 is 5.32 Å². The summed E-state index contributed by atoms with van der Waals surface area (Å²) in [6.07, 6.45) is 3.21. The molecule has 0 aliphatic carbocycles. The number of aromatic nitrogens is 3. The van der Waals surface area contributed by atoms with Crippen molar-refractivity contribution >= 4 is 17.5 Å². The number of carbonyl (C=O) groups excluding carboxylic acids is 1. The topological polar surface area (TPSA) is 59.8 Å². The van der Waals surface area contributed by atoms with Crippen molar-refractivity contribution in [3.63, 3.8) is 0 Å². The van der Waals surface area contributed by atoms with E-state index in [2.05, 4.69) is 15.5 Å². The summed E-state index contributed by atoms with van der Waals surface area (Å²) >= 11 is 5.83. The van der Waals surface area contributed by atoms with Crippen LogP contribution < -0.4 is 5.32 Å². The molecule has 3 aromatic rings. The number of rotatable bonds is 4. The van der Waals surface area contributed by atoms with E-state index < -0.39 is 0 Å². The summed E-state index contributed by atoms with van der Waals surface area (Å²) in [5, 5.41) is 11.1. The summed E-state index contributed by atoms with van der Waals surface area (Å²) in [6, 6.07) is 14.6. The second-order valence-corrected chi connectivity index (χ2v) is 5.16. The van der Waals surface area contributed by atoms with Crippen LogP contribution in [0, 0.1) is 0 Å². The van der Waals surface area contributed by atoms with Crippen LogP contribution in [-0.4, -0.2) is 20.7 Å². The fraction of sp³-hybridized carbons (Fsp3) is 0.0625. The Morgan fingerprint density at radius 3 is 2.27 bits per heavy atom. The maximum Gasteiger partial charge on any atom is 0.251 e. The van der Waals surface area contributed by atoms with Crippen LogP contribution in [0.1, 0.15) is 15.9 Å². The molecule has 0 radical (unpaired) electrons. The third kappa shape index (κ3) is 3.32. The molecule has 3 rings (SSSR count). The zero-order valence-corrected chi connectivity index (χ0v) is 12.4. The molecule has 6 heteroatoms. The SMILES string of the molecule is O=C(NCc1ccc(Cl)cc1)c1ccc(-n2cnnc2)cc1. The minimum absolute atomic E-state index is 0.120. The first kappa shape index (κ1) is 14.3. The molecular formula is C16H13ClN4O. The summed E-state index contributed by atoms with van der Waals surface area (Å²) in [4.78, 5) is 12.1. The molecule has 5 nitrogen and oxygen atoms in total. The lowest BCUT2D eigenvalue weighted by molar-refractivity contribution is 0.0951. The molecule has 1 aromatic heterocycles. The molecule has 0 fully saturated rings. The lowest BCUT2D eigenvalue weighted by atomic mass is 10.1. The molecule has 1 N–H and O–H groups in total. The van der Waals surface area contributed by atoms with Crippen LogP contribution in [0.25, 0.3) is 5.69 Å². The van der Waals surface area contributed by atoms with Gasteiger partial charge in [0.15, 0.2) is 0 Å². The number of nitrogens with one attached hydrogen (secondary N) is 1. The van der Waals surface area contributed by atoms with E-state index in [4.69, 9.17) is 11.6 Å². The average molecular weight is 313 g/mol. The van der Waals surface area contributed by atoms with E-state index in [1.54, 1.807) is 41.5 Å². The van der Waals surface area contributed by atoms with E-state index in [1.807, 2.05) is 24.3 Å². The van der Waals surface area contributed by atoms with Crippen LogP contribution in [0.15, 0.2) is 61.2 Å². The van der Waals surface area contributed by atoms with Crippen LogP contribution >= 0.6 is 11.6 Å². The molecule has 0 saturated heterocycles. The maximum absolute atomic E-state index is 12.1. The van der Waals surface area contributed by atoms with Gasteiger partial charge in [0.1, 0.15) is 12.7 Å². The van der Waals surface area contributed by atoms with Gasteiger partial charge in [-0.3, -0.25) is 9.36 Å². The first-order valence-electron chi connectivity index (χ1n) is 6.70. The van der Waals surface area contributed by atoms with Gasteiger partial charge in [0.25, 0.3) is 5.91 Å². The number of halogens is 1. The normalized spacial score (nSPS) is 10.4. The Balaban J connectivity index is 1.63. The highest BCUT2D eigenvalue weighted by Crippen LogP contribution is 2.11. The number of hydrogen-bond acceptors (Lipinski definition) is 3. The van der Waals surface area contributed by atoms with Crippen LogP contribution in [0.2, 0.25) is 5.02 Å². The summed E-state index contributed by atoms with van der Waals surface area (Å²) in [5.74, 6) is -0.120. The Morgan fingerprint density at radius 2 is 1.64 bits per heavy atom. The Morgan fingerprint density at radius 1 is 1.00 bits per heavy atom. The van der Waals surface area contributed by atoms with E-state index in [1.165, 1.54) is 0 Å². The van der Waals surface area contributed by atoms with Crippen molar-refractivity contribution in [2.24, 2.45) is 0 Å². The van der Waals surface area contributed by atoms with E-state index in [-0.39, 0.29) is 5.91 Å². The van der Waals surface area contributed by atoms with Gasteiger partial charge in [0.05, 0.1) is 0 Å². The Hall–Kier alpha value is -2.66. The largest absolute Gasteiger partial charge is 0.348 e. The van der Waals surface area contributed by atoms with Crippen molar-refractivity contribution in [3.05, 3.63) is 77.3 Å². The molecular weight excluding hydrogens is 300 g/mol. The standard InChI is InChI=1S/C16H13ClN4O/c17-14-5-1-12(2-6-14)9-18-16(22)13-3-7-15(8-4-13)21-10-19-20-11-21/h1-8,10-11H,9H2,(H,18,22). The van der Waals surface area contributed by atoms with Crippen molar-refractivity contribution in [3.8, 4) is 5.69 Å². The summed E-state index contributed by atoms with van der Waals surface area (Å²) < 4.78 is 1.77. The van der Waals surface area contributed by atoms with Crippen molar-refractivity contribution in [1.82, 2.24) is 20.1 Å². The quantitative estimate of drug-likeness (QED) is 0.806. The van der Waals surface area contributed by atoms with E-state index in [9.17, 15) is 4.79 Å². The van der Waals surface area contributed by atoms with Crippen LogP contribution in [-0.2, 0) is 6.54 Å². The Bertz CT molecular complexity index is 752. The summed E-state index contributed by atoms with van der Waals surface area (Å²) in [5.41, 5.74) is 2.50. The summed E-state index contributed by atoms with van der Waals surface area (Å²) in [6.45, 7) is 0.462. The van der Waals surface area contributed by atoms with Crippen LogP contribution in [0.4, 0.5) is 0 Å². The second kappa shape index (κ2) is 6.41. The molecule has 0 saturated carbocycles. The Kier molecular flexibility index (Phi) is 4.16. The van der Waals surface area contributed by atoms with E-state index in [0.29, 0.717) is 17.1 Å². The van der Waals surface area contributed by atoms with Gasteiger partial charge in [-0.05, 0) is 42.0 Å². The van der Waals surface area contributed by atoms with Gasteiger partial charge >= 0.3 is 0 Å². The minimum Gasteiger partial charge on any atom is -0.348 e. The van der Waals surface area contributed by atoms with Crippen molar-refractivity contribution < 1.29 is 4.79 Å². The van der Waals surface area contributed by atoms with Gasteiger partial charge in [0.2, 0.25) is 0 Å². The molecule has 1 heterocycles. The Labute approximate surface area is 132 Å². The number of carbonyl (C=O) groups is 1. The number of amides is 1. The second-order valence-electron chi connectivity index (χ2n) is 4.73. The van der Waals surface area contributed by atoms with Gasteiger partial charge in [-0.15, -0.1) is 10.2 Å². The van der Waals surface area contributed by atoms with Crippen molar-refractivity contribution in [2.75, 3.05) is 0 Å². The number of nitrogens with zero attached hydrogens (tertiary/aromatic N) is 3. The number of hydrogen-bond donors (Lipinski definition) is 1. The monoisotopic (exact) mass is 312 g/mol. The zero-order chi connectivity index (χ0) is 15.4. The maximum atomic E-state index is 12.1. The van der Waals surface area contributed by atoms with Gasteiger partial charge in [-0.25, -0.2) is 0 Å².